The first-order valence-electron chi connectivity index (χ1n) is 4.90. The van der Waals surface area contributed by atoms with Crippen LogP contribution in [0.1, 0.15) is 16.1 Å². The molecular weight excluding hydrogens is 204 g/mol. The Bertz CT molecular complexity index is 500. The van der Waals surface area contributed by atoms with E-state index in [4.69, 9.17) is 4.74 Å². The van der Waals surface area contributed by atoms with Gasteiger partial charge in [-0.15, -0.1) is 0 Å². The number of carbonyl (C=O) groups is 1. The van der Waals surface area contributed by atoms with E-state index in [0.717, 1.165) is 23.4 Å². The van der Waals surface area contributed by atoms with E-state index in [1.807, 2.05) is 31.2 Å². The number of hydrogen-bond acceptors (Lipinski definition) is 3. The number of nitrogens with zero attached hydrogens (tertiary/aromatic N) is 2. The SMILES string of the molecule is COc1ccc(-n2ncc(C=O)c2C)cc1. The molecule has 16 heavy (non-hydrogen) atoms. The molecule has 0 aliphatic heterocycles. The van der Waals surface area contributed by atoms with Crippen molar-refractivity contribution in [3.05, 3.63) is 41.7 Å². The quantitative estimate of drug-likeness (QED) is 0.737. The number of methoxy groups -OCH3 is 1. The fourth-order valence-corrected chi connectivity index (χ4v) is 1.52. The van der Waals surface area contributed by atoms with E-state index in [-0.39, 0.29) is 0 Å². The van der Waals surface area contributed by atoms with E-state index in [0.29, 0.717) is 5.56 Å². The van der Waals surface area contributed by atoms with Crippen molar-refractivity contribution in [2.75, 3.05) is 7.11 Å². The minimum absolute atomic E-state index is 0.607. The van der Waals surface area contributed by atoms with Crippen LogP contribution in [0.5, 0.6) is 5.75 Å². The number of carbonyl (C=O) groups excluding carboxylic acids is 1. The van der Waals surface area contributed by atoms with E-state index in [1.165, 1.54) is 0 Å². The molecule has 82 valence electrons. The summed E-state index contributed by atoms with van der Waals surface area (Å²) in [6.07, 6.45) is 2.37. The molecule has 0 fully saturated rings. The van der Waals surface area contributed by atoms with Crippen LogP contribution in [-0.2, 0) is 0 Å². The van der Waals surface area contributed by atoms with Crippen molar-refractivity contribution in [3.63, 3.8) is 0 Å². The van der Waals surface area contributed by atoms with Gasteiger partial charge in [0.05, 0.1) is 30.3 Å². The Morgan fingerprint density at radius 3 is 2.50 bits per heavy atom. The molecule has 0 spiro atoms. The van der Waals surface area contributed by atoms with Gasteiger partial charge in [0.2, 0.25) is 0 Å². The lowest BCUT2D eigenvalue weighted by Gasteiger charge is -2.05. The third kappa shape index (κ3) is 1.69. The Morgan fingerprint density at radius 1 is 1.31 bits per heavy atom. The monoisotopic (exact) mass is 216 g/mol. The van der Waals surface area contributed by atoms with Crippen molar-refractivity contribution in [2.45, 2.75) is 6.92 Å². The number of aromatic nitrogens is 2. The van der Waals surface area contributed by atoms with Crippen molar-refractivity contribution in [1.29, 1.82) is 0 Å². The topological polar surface area (TPSA) is 44.1 Å². The van der Waals surface area contributed by atoms with Crippen LogP contribution in [0.25, 0.3) is 5.69 Å². The summed E-state index contributed by atoms with van der Waals surface area (Å²) in [7, 11) is 1.62. The molecule has 1 aromatic carbocycles. The summed E-state index contributed by atoms with van der Waals surface area (Å²) in [5, 5.41) is 4.16. The first-order chi connectivity index (χ1) is 7.76. The van der Waals surface area contributed by atoms with E-state index in [1.54, 1.807) is 18.0 Å². The van der Waals surface area contributed by atoms with Crippen LogP contribution < -0.4 is 4.74 Å². The number of ether oxygens (including phenoxy) is 1. The molecular formula is C12H12N2O2. The zero-order valence-electron chi connectivity index (χ0n) is 9.18. The summed E-state index contributed by atoms with van der Waals surface area (Å²) in [6.45, 7) is 1.86. The molecule has 1 heterocycles. The van der Waals surface area contributed by atoms with Crippen LogP contribution in [0.3, 0.4) is 0 Å². The fraction of sp³-hybridized carbons (Fsp3) is 0.167. The second-order valence-corrected chi connectivity index (χ2v) is 3.41. The molecule has 0 saturated carbocycles. The second-order valence-electron chi connectivity index (χ2n) is 3.41. The first-order valence-corrected chi connectivity index (χ1v) is 4.90. The van der Waals surface area contributed by atoms with Crippen molar-refractivity contribution in [1.82, 2.24) is 9.78 Å². The lowest BCUT2D eigenvalue weighted by molar-refractivity contribution is 0.112. The summed E-state index contributed by atoms with van der Waals surface area (Å²) < 4.78 is 6.80. The summed E-state index contributed by atoms with van der Waals surface area (Å²) in [4.78, 5) is 10.7. The highest BCUT2D eigenvalue weighted by Gasteiger charge is 2.06. The van der Waals surface area contributed by atoms with Gasteiger partial charge in [0.15, 0.2) is 6.29 Å². The van der Waals surface area contributed by atoms with E-state index in [2.05, 4.69) is 5.10 Å². The van der Waals surface area contributed by atoms with Crippen LogP contribution in [0.2, 0.25) is 0 Å². The molecule has 0 aliphatic rings. The van der Waals surface area contributed by atoms with Crippen LogP contribution in [0.4, 0.5) is 0 Å². The molecule has 0 amide bonds. The van der Waals surface area contributed by atoms with E-state index < -0.39 is 0 Å². The second kappa shape index (κ2) is 4.18. The van der Waals surface area contributed by atoms with Gasteiger partial charge in [-0.05, 0) is 31.2 Å². The van der Waals surface area contributed by atoms with Gasteiger partial charge < -0.3 is 4.74 Å². The van der Waals surface area contributed by atoms with Gasteiger partial charge in [0, 0.05) is 0 Å². The first kappa shape index (κ1) is 10.4. The maximum atomic E-state index is 10.7. The van der Waals surface area contributed by atoms with E-state index >= 15 is 0 Å². The molecule has 2 rings (SSSR count). The van der Waals surface area contributed by atoms with Gasteiger partial charge >= 0.3 is 0 Å². The zero-order valence-corrected chi connectivity index (χ0v) is 9.18. The maximum absolute atomic E-state index is 10.7. The fourth-order valence-electron chi connectivity index (χ4n) is 1.52. The minimum atomic E-state index is 0.607. The minimum Gasteiger partial charge on any atom is -0.497 e. The van der Waals surface area contributed by atoms with Gasteiger partial charge in [0.1, 0.15) is 5.75 Å². The average Bonchev–Trinajstić information content (AvgIpc) is 2.70. The largest absolute Gasteiger partial charge is 0.497 e. The van der Waals surface area contributed by atoms with Crippen LogP contribution in [0.15, 0.2) is 30.5 Å². The number of rotatable bonds is 3. The van der Waals surface area contributed by atoms with Crippen LogP contribution in [0, 0.1) is 6.92 Å². The van der Waals surface area contributed by atoms with E-state index in [9.17, 15) is 4.79 Å². The molecule has 0 N–H and O–H groups in total. The average molecular weight is 216 g/mol. The third-order valence-corrected chi connectivity index (χ3v) is 2.49. The molecule has 0 aliphatic carbocycles. The molecule has 0 saturated heterocycles. The third-order valence-electron chi connectivity index (χ3n) is 2.49. The Morgan fingerprint density at radius 2 is 2.00 bits per heavy atom. The Labute approximate surface area is 93.5 Å². The lowest BCUT2D eigenvalue weighted by atomic mass is 10.2. The summed E-state index contributed by atoms with van der Waals surface area (Å²) in [6, 6.07) is 7.51. The van der Waals surface area contributed by atoms with Crippen molar-refractivity contribution in [2.24, 2.45) is 0 Å². The van der Waals surface area contributed by atoms with Gasteiger partial charge in [-0.1, -0.05) is 0 Å². The Hall–Kier alpha value is -2.10. The lowest BCUT2D eigenvalue weighted by Crippen LogP contribution is -1.99. The van der Waals surface area contributed by atoms with Crippen molar-refractivity contribution < 1.29 is 9.53 Å². The molecule has 0 bridgehead atoms. The summed E-state index contributed by atoms with van der Waals surface area (Å²) in [5.74, 6) is 0.796. The number of benzene rings is 1. The van der Waals surface area contributed by atoms with Gasteiger partial charge in [-0.25, -0.2) is 4.68 Å². The standard InChI is InChI=1S/C12H12N2O2/c1-9-10(8-15)7-13-14(9)11-3-5-12(16-2)6-4-11/h3-8H,1-2H3. The van der Waals surface area contributed by atoms with Crippen molar-refractivity contribution in [3.8, 4) is 11.4 Å². The van der Waals surface area contributed by atoms with Crippen LogP contribution in [-0.4, -0.2) is 23.2 Å². The smallest absolute Gasteiger partial charge is 0.153 e. The van der Waals surface area contributed by atoms with Gasteiger partial charge in [0.25, 0.3) is 0 Å². The summed E-state index contributed by atoms with van der Waals surface area (Å²) in [5.41, 5.74) is 2.35. The van der Waals surface area contributed by atoms with Crippen molar-refractivity contribution >= 4 is 6.29 Å². The molecule has 2 aromatic rings. The predicted molar refractivity (Wildman–Crippen MR) is 60.2 cm³/mol. The number of hydrogen-bond donors (Lipinski definition) is 0. The van der Waals surface area contributed by atoms with Gasteiger partial charge in [-0.3, -0.25) is 4.79 Å². The molecule has 0 unspecified atom stereocenters. The van der Waals surface area contributed by atoms with Crippen LogP contribution >= 0.6 is 0 Å². The molecule has 4 heteroatoms. The molecule has 0 radical (unpaired) electrons. The van der Waals surface area contributed by atoms with Gasteiger partial charge in [-0.2, -0.15) is 5.10 Å². The predicted octanol–water partition coefficient (Wildman–Crippen LogP) is 2.00. The summed E-state index contributed by atoms with van der Waals surface area (Å²) >= 11 is 0. The molecule has 1 aromatic heterocycles. The molecule has 0 atom stereocenters. The normalized spacial score (nSPS) is 10.1. The zero-order chi connectivity index (χ0) is 11.5. The Kier molecular flexibility index (Phi) is 2.72. The Balaban J connectivity index is 2.42. The maximum Gasteiger partial charge on any atom is 0.153 e. The highest BCUT2D eigenvalue weighted by molar-refractivity contribution is 5.76. The highest BCUT2D eigenvalue weighted by Crippen LogP contribution is 2.16. The number of aldehydes is 1. The highest BCUT2D eigenvalue weighted by atomic mass is 16.5. The molecule has 4 nitrogen and oxygen atoms in total.